The fourth-order valence-electron chi connectivity index (χ4n) is 5.02. The Morgan fingerprint density at radius 3 is 1.57 bits per heavy atom. The summed E-state index contributed by atoms with van der Waals surface area (Å²) >= 11 is 7.67. The molecule has 0 fully saturated rings. The minimum absolute atomic E-state index is 0.162. The Balaban J connectivity index is 1.55. The van der Waals surface area contributed by atoms with Crippen LogP contribution < -0.4 is 0 Å². The number of allylic oxidation sites excluding steroid dienone is 2. The summed E-state index contributed by atoms with van der Waals surface area (Å²) in [4.78, 5) is 4.56. The van der Waals surface area contributed by atoms with Crippen molar-refractivity contribution in [3.05, 3.63) is 103 Å². The maximum atomic E-state index is 16.0. The summed E-state index contributed by atoms with van der Waals surface area (Å²) in [6.45, 7) is 0. The quantitative estimate of drug-likeness (QED) is 0.147. The van der Waals surface area contributed by atoms with Crippen LogP contribution in [0.4, 0.5) is 26.3 Å². The third kappa shape index (κ3) is 4.33. The van der Waals surface area contributed by atoms with Crippen molar-refractivity contribution < 1.29 is 26.3 Å². The Labute approximate surface area is 260 Å². The van der Waals surface area contributed by atoms with Gasteiger partial charge < -0.3 is 0 Å². The van der Waals surface area contributed by atoms with E-state index in [-0.39, 0.29) is 22.4 Å². The van der Waals surface area contributed by atoms with Crippen molar-refractivity contribution in [3.63, 3.8) is 0 Å². The lowest BCUT2D eigenvalue weighted by Crippen LogP contribution is -2.48. The van der Waals surface area contributed by atoms with Crippen LogP contribution in [0, 0.1) is 0 Å². The van der Waals surface area contributed by atoms with Gasteiger partial charge in [0, 0.05) is 57.3 Å². The first-order valence-electron chi connectivity index (χ1n) is 12.4. The van der Waals surface area contributed by atoms with Crippen LogP contribution >= 0.6 is 68.0 Å². The van der Waals surface area contributed by atoms with E-state index < -0.39 is 28.9 Å². The van der Waals surface area contributed by atoms with E-state index >= 15 is 26.3 Å². The fourth-order valence-corrected chi connectivity index (χ4v) is 10.7. The molecule has 0 aromatic carbocycles. The fraction of sp³-hybridized carbons (Fsp3) is 0.133. The lowest BCUT2D eigenvalue weighted by molar-refractivity contribution is -0.254. The predicted molar refractivity (Wildman–Crippen MR) is 167 cm³/mol. The van der Waals surface area contributed by atoms with Gasteiger partial charge in [-0.15, -0.1) is 68.0 Å². The van der Waals surface area contributed by atoms with Gasteiger partial charge in [0.25, 0.3) is 0 Å². The summed E-state index contributed by atoms with van der Waals surface area (Å²) in [5.74, 6) is -15.9. The van der Waals surface area contributed by atoms with Gasteiger partial charge in [0.15, 0.2) is 0 Å². The van der Waals surface area contributed by atoms with Gasteiger partial charge in [-0.05, 0) is 63.5 Å². The molecule has 0 saturated heterocycles. The Hall–Kier alpha value is -2.48. The van der Waals surface area contributed by atoms with Crippen molar-refractivity contribution in [2.75, 3.05) is 0 Å². The first-order chi connectivity index (χ1) is 20.1. The lowest BCUT2D eigenvalue weighted by atomic mass is 9.93. The van der Waals surface area contributed by atoms with Crippen LogP contribution in [0.1, 0.15) is 20.9 Å². The molecule has 0 nitrogen and oxygen atoms in total. The molecule has 0 saturated carbocycles. The third-order valence-corrected chi connectivity index (χ3v) is 13.3. The van der Waals surface area contributed by atoms with Gasteiger partial charge in [0.1, 0.15) is 0 Å². The number of hydrogen-bond acceptors (Lipinski definition) is 6. The molecule has 214 valence electrons. The Morgan fingerprint density at radius 1 is 0.524 bits per heavy atom. The molecule has 0 amide bonds. The molecule has 0 N–H and O–H groups in total. The molecular weight excluding hydrogens is 667 g/mol. The zero-order chi connectivity index (χ0) is 29.3. The second kappa shape index (κ2) is 10.3. The molecule has 0 bridgehead atoms. The molecule has 6 aromatic heterocycles. The first-order valence-corrected chi connectivity index (χ1v) is 17.5. The second-order valence-electron chi connectivity index (χ2n) is 9.46. The van der Waals surface area contributed by atoms with Crippen LogP contribution in [0.5, 0.6) is 0 Å². The largest absolute Gasteiger partial charge is 0.380 e. The summed E-state index contributed by atoms with van der Waals surface area (Å²) in [7, 11) is 0. The van der Waals surface area contributed by atoms with Crippen LogP contribution in [0.3, 0.4) is 0 Å². The predicted octanol–water partition coefficient (Wildman–Crippen LogP) is 12.5. The van der Waals surface area contributed by atoms with Gasteiger partial charge in [0.2, 0.25) is 0 Å². The minimum Gasteiger partial charge on any atom is -0.194 e. The van der Waals surface area contributed by atoms with Crippen molar-refractivity contribution >= 4 is 79.2 Å². The van der Waals surface area contributed by atoms with Gasteiger partial charge in [-0.25, -0.2) is 0 Å². The first kappa shape index (κ1) is 28.3. The van der Waals surface area contributed by atoms with Crippen molar-refractivity contribution in [1.82, 2.24) is 0 Å². The van der Waals surface area contributed by atoms with E-state index in [2.05, 4.69) is 0 Å². The highest BCUT2D eigenvalue weighted by molar-refractivity contribution is 7.26. The molecule has 1 aliphatic rings. The van der Waals surface area contributed by atoms with Gasteiger partial charge in [0.05, 0.1) is 4.88 Å². The van der Waals surface area contributed by atoms with Gasteiger partial charge in [-0.1, -0.05) is 24.3 Å². The molecule has 42 heavy (non-hydrogen) atoms. The van der Waals surface area contributed by atoms with Crippen LogP contribution in [0.25, 0.3) is 40.4 Å². The number of halogens is 6. The van der Waals surface area contributed by atoms with Crippen molar-refractivity contribution in [2.45, 2.75) is 24.2 Å². The Morgan fingerprint density at radius 2 is 1.02 bits per heavy atom. The zero-order valence-corrected chi connectivity index (χ0v) is 25.9. The number of rotatable bonds is 7. The summed E-state index contributed by atoms with van der Waals surface area (Å²) in [6.07, 6.45) is 0.162. The topological polar surface area (TPSA) is 0 Å². The van der Waals surface area contributed by atoms with Crippen molar-refractivity contribution in [1.29, 1.82) is 0 Å². The smallest absolute Gasteiger partial charge is 0.194 e. The summed E-state index contributed by atoms with van der Waals surface area (Å²) in [6, 6.07) is 16.9. The van der Waals surface area contributed by atoms with E-state index in [1.807, 2.05) is 22.2 Å². The van der Waals surface area contributed by atoms with Crippen LogP contribution in [0.2, 0.25) is 0 Å². The molecule has 6 aromatic rings. The highest BCUT2D eigenvalue weighted by Gasteiger charge is 2.80. The van der Waals surface area contributed by atoms with Gasteiger partial charge in [-0.2, -0.15) is 26.3 Å². The molecule has 0 atom stereocenters. The van der Waals surface area contributed by atoms with E-state index in [4.69, 9.17) is 0 Å². The van der Waals surface area contributed by atoms with Gasteiger partial charge in [-0.3, -0.25) is 0 Å². The summed E-state index contributed by atoms with van der Waals surface area (Å²) in [5, 5.41) is 7.19. The number of thiophene rings is 6. The molecule has 0 unspecified atom stereocenters. The second-order valence-corrected chi connectivity index (χ2v) is 15.5. The van der Waals surface area contributed by atoms with Crippen molar-refractivity contribution in [3.8, 4) is 29.3 Å². The normalized spacial score (nSPS) is 17.4. The molecule has 0 spiro atoms. The van der Waals surface area contributed by atoms with Crippen LogP contribution in [-0.2, 0) is 6.42 Å². The highest BCUT2D eigenvalue weighted by Crippen LogP contribution is 2.67. The van der Waals surface area contributed by atoms with E-state index in [1.165, 1.54) is 68.8 Å². The van der Waals surface area contributed by atoms with Crippen LogP contribution in [-0.4, -0.2) is 17.8 Å². The number of hydrogen-bond donors (Lipinski definition) is 0. The Bertz CT molecular complexity index is 1870. The maximum Gasteiger partial charge on any atom is 0.380 e. The molecule has 0 aliphatic heterocycles. The molecule has 0 radical (unpaired) electrons. The van der Waals surface area contributed by atoms with Gasteiger partial charge >= 0.3 is 17.8 Å². The minimum atomic E-state index is -5.63. The molecular formula is C30H16F6S6. The van der Waals surface area contributed by atoms with E-state index in [1.54, 1.807) is 47.8 Å². The summed E-state index contributed by atoms with van der Waals surface area (Å²) < 4.78 is 94.8. The average Bonchev–Trinajstić information content (AvgIpc) is 3.78. The lowest BCUT2D eigenvalue weighted by Gasteiger charge is -2.26. The summed E-state index contributed by atoms with van der Waals surface area (Å²) in [5.41, 5.74) is -3.14. The highest BCUT2D eigenvalue weighted by atomic mass is 32.1. The zero-order valence-electron chi connectivity index (χ0n) is 21.0. The van der Waals surface area contributed by atoms with E-state index in [0.29, 0.717) is 19.5 Å². The monoisotopic (exact) mass is 682 g/mol. The average molecular weight is 683 g/mol. The molecule has 6 heterocycles. The van der Waals surface area contributed by atoms with E-state index in [9.17, 15) is 0 Å². The standard InChI is InChI=1S/C30H16F6S6/c31-28(32)25(17-14-23(19-6-2-10-38-19)41-22(17)13-16-5-1-9-37-16)26(29(33,34)30(28,35)36)18-15-24(20-7-3-11-39-20)42-27(18)21-8-4-12-40-21/h1-12,14-15H,13H2. The molecule has 1 aliphatic carbocycles. The van der Waals surface area contributed by atoms with E-state index in [0.717, 1.165) is 26.0 Å². The maximum absolute atomic E-state index is 16.0. The number of alkyl halides is 6. The SMILES string of the molecule is FC1(F)C(c2cc(-c3cccs3)sc2Cc2cccs2)=C(c2cc(-c3cccs3)sc2-c2cccs2)C(F)(F)C1(F)F. The van der Waals surface area contributed by atoms with Crippen LogP contribution in [0.15, 0.2) is 82.2 Å². The molecule has 7 rings (SSSR count). The Kier molecular flexibility index (Phi) is 6.95. The van der Waals surface area contributed by atoms with Crippen molar-refractivity contribution in [2.24, 2.45) is 0 Å². The molecule has 12 heteroatoms. The third-order valence-electron chi connectivity index (χ3n) is 6.93.